The van der Waals surface area contributed by atoms with Crippen molar-refractivity contribution in [2.24, 2.45) is 5.84 Å². The Morgan fingerprint density at radius 1 is 1.32 bits per heavy atom. The molecule has 0 amide bonds. The Labute approximate surface area is 118 Å². The van der Waals surface area contributed by atoms with Gasteiger partial charge < -0.3 is 10.7 Å². The largest absolute Gasteiger partial charge is 0.340 e. The molecule has 0 unspecified atom stereocenters. The molecule has 0 radical (unpaired) electrons. The van der Waals surface area contributed by atoms with Crippen LogP contribution < -0.4 is 16.6 Å². The van der Waals surface area contributed by atoms with E-state index in [2.05, 4.69) is 36.6 Å². The van der Waals surface area contributed by atoms with Crippen molar-refractivity contribution in [1.29, 1.82) is 0 Å². The fourth-order valence-electron chi connectivity index (χ4n) is 1.69. The minimum Gasteiger partial charge on any atom is -0.340 e. The first kappa shape index (κ1) is 13.7. The van der Waals surface area contributed by atoms with Gasteiger partial charge in [0.05, 0.1) is 4.47 Å². The third-order valence-electron chi connectivity index (χ3n) is 2.62. The molecule has 7 heteroatoms. The average Bonchev–Trinajstić information content (AvgIpc) is 2.42. The minimum atomic E-state index is -0.339. The van der Waals surface area contributed by atoms with E-state index in [1.807, 2.05) is 6.92 Å². The van der Waals surface area contributed by atoms with E-state index < -0.39 is 0 Å². The van der Waals surface area contributed by atoms with Crippen LogP contribution in [0.3, 0.4) is 0 Å². The predicted molar refractivity (Wildman–Crippen MR) is 76.6 cm³/mol. The van der Waals surface area contributed by atoms with Crippen LogP contribution in [0, 0.1) is 5.82 Å². The lowest BCUT2D eigenvalue weighted by Crippen LogP contribution is -2.13. The van der Waals surface area contributed by atoms with Gasteiger partial charge in [0.15, 0.2) is 0 Å². The van der Waals surface area contributed by atoms with Gasteiger partial charge in [0.25, 0.3) is 0 Å². The second kappa shape index (κ2) is 5.94. The van der Waals surface area contributed by atoms with Crippen LogP contribution in [-0.4, -0.2) is 9.97 Å². The number of nitrogens with one attached hydrogen (secondary N) is 2. The summed E-state index contributed by atoms with van der Waals surface area (Å²) in [5.74, 6) is 6.22. The normalized spacial score (nSPS) is 10.3. The molecule has 5 nitrogen and oxygen atoms in total. The van der Waals surface area contributed by atoms with Crippen LogP contribution in [-0.2, 0) is 6.42 Å². The molecule has 2 aromatic rings. The van der Waals surface area contributed by atoms with Crippen LogP contribution in [0.1, 0.15) is 12.5 Å². The van der Waals surface area contributed by atoms with Crippen molar-refractivity contribution in [2.45, 2.75) is 13.3 Å². The summed E-state index contributed by atoms with van der Waals surface area (Å²) < 4.78 is 13.9. The van der Waals surface area contributed by atoms with Gasteiger partial charge in [0.1, 0.15) is 23.8 Å². The zero-order valence-electron chi connectivity index (χ0n) is 10.2. The van der Waals surface area contributed by atoms with Gasteiger partial charge in [-0.2, -0.15) is 0 Å². The zero-order chi connectivity index (χ0) is 13.8. The molecule has 0 spiro atoms. The Balaban J connectivity index is 2.35. The number of halogens is 2. The van der Waals surface area contributed by atoms with E-state index in [0.717, 1.165) is 5.56 Å². The number of hydrogen-bond donors (Lipinski definition) is 3. The van der Waals surface area contributed by atoms with E-state index in [4.69, 9.17) is 5.84 Å². The molecule has 1 heterocycles. The van der Waals surface area contributed by atoms with Crippen molar-refractivity contribution < 1.29 is 4.39 Å². The fraction of sp³-hybridized carbons (Fsp3) is 0.167. The first-order chi connectivity index (χ1) is 9.15. The van der Waals surface area contributed by atoms with Crippen molar-refractivity contribution in [3.8, 4) is 0 Å². The molecule has 0 fully saturated rings. The number of nitrogens with zero attached hydrogens (tertiary/aromatic N) is 2. The molecule has 100 valence electrons. The quantitative estimate of drug-likeness (QED) is 0.595. The van der Waals surface area contributed by atoms with Gasteiger partial charge >= 0.3 is 0 Å². The number of benzene rings is 1. The highest BCUT2D eigenvalue weighted by molar-refractivity contribution is 9.10. The van der Waals surface area contributed by atoms with Crippen LogP contribution in [0.5, 0.6) is 0 Å². The Morgan fingerprint density at radius 2 is 2.05 bits per heavy atom. The van der Waals surface area contributed by atoms with Crippen LogP contribution in [0.15, 0.2) is 29.0 Å². The van der Waals surface area contributed by atoms with Gasteiger partial charge in [0, 0.05) is 11.3 Å². The number of rotatable bonds is 4. The number of hydrogen-bond acceptors (Lipinski definition) is 5. The maximum absolute atomic E-state index is 13.5. The fourth-order valence-corrected chi connectivity index (χ4v) is 1.94. The molecule has 0 saturated heterocycles. The van der Waals surface area contributed by atoms with E-state index in [9.17, 15) is 4.39 Å². The van der Waals surface area contributed by atoms with Crippen molar-refractivity contribution >= 4 is 33.3 Å². The van der Waals surface area contributed by atoms with E-state index in [1.165, 1.54) is 12.4 Å². The lowest BCUT2D eigenvalue weighted by Gasteiger charge is -2.12. The molecule has 2 rings (SSSR count). The Bertz CT molecular complexity index is 590. The van der Waals surface area contributed by atoms with Crippen molar-refractivity contribution in [2.75, 3.05) is 10.7 Å². The van der Waals surface area contributed by atoms with Crippen LogP contribution in [0.25, 0.3) is 0 Å². The van der Waals surface area contributed by atoms with Gasteiger partial charge in [-0.05, 0) is 40.5 Å². The first-order valence-electron chi connectivity index (χ1n) is 5.68. The highest BCUT2D eigenvalue weighted by Gasteiger charge is 2.09. The summed E-state index contributed by atoms with van der Waals surface area (Å²) in [4.78, 5) is 8.19. The molecule has 1 aromatic heterocycles. The SMILES string of the molecule is CCc1c(NN)ncnc1Nc1ccc(Br)c(F)c1. The second-order valence-electron chi connectivity index (χ2n) is 3.80. The summed E-state index contributed by atoms with van der Waals surface area (Å²) in [6, 6.07) is 4.78. The Hall–Kier alpha value is -1.73. The number of anilines is 3. The van der Waals surface area contributed by atoms with Gasteiger partial charge in [-0.25, -0.2) is 20.2 Å². The van der Waals surface area contributed by atoms with Crippen molar-refractivity contribution in [3.63, 3.8) is 0 Å². The summed E-state index contributed by atoms with van der Waals surface area (Å²) in [6.45, 7) is 1.97. The average molecular weight is 326 g/mol. The molecule has 0 aliphatic heterocycles. The van der Waals surface area contributed by atoms with E-state index in [-0.39, 0.29) is 5.82 Å². The lowest BCUT2D eigenvalue weighted by molar-refractivity contribution is 0.622. The first-order valence-corrected chi connectivity index (χ1v) is 6.47. The second-order valence-corrected chi connectivity index (χ2v) is 4.66. The molecule has 19 heavy (non-hydrogen) atoms. The third-order valence-corrected chi connectivity index (χ3v) is 3.26. The molecule has 0 aliphatic carbocycles. The monoisotopic (exact) mass is 325 g/mol. The Kier molecular flexibility index (Phi) is 4.28. The number of nitrogen functional groups attached to an aromatic ring is 1. The minimum absolute atomic E-state index is 0.339. The number of hydrazine groups is 1. The maximum atomic E-state index is 13.5. The molecule has 0 saturated carbocycles. The maximum Gasteiger partial charge on any atom is 0.148 e. The van der Waals surface area contributed by atoms with Crippen molar-refractivity contribution in [3.05, 3.63) is 40.4 Å². The summed E-state index contributed by atoms with van der Waals surface area (Å²) >= 11 is 3.11. The molecule has 0 bridgehead atoms. The van der Waals surface area contributed by atoms with E-state index in [0.29, 0.717) is 28.2 Å². The molecule has 4 N–H and O–H groups in total. The standard InChI is InChI=1S/C12H13BrFN5/c1-2-8-11(16-6-17-12(8)19-15)18-7-3-4-9(13)10(14)5-7/h3-6H,2,15H2,1H3,(H2,16,17,18,19). The van der Waals surface area contributed by atoms with E-state index in [1.54, 1.807) is 12.1 Å². The lowest BCUT2D eigenvalue weighted by atomic mass is 10.2. The topological polar surface area (TPSA) is 75.9 Å². The highest BCUT2D eigenvalue weighted by Crippen LogP contribution is 2.25. The summed E-state index contributed by atoms with van der Waals surface area (Å²) in [5, 5.41) is 3.06. The molecular formula is C12H13BrFN5. The third kappa shape index (κ3) is 2.99. The smallest absolute Gasteiger partial charge is 0.148 e. The molecule has 0 aliphatic rings. The highest BCUT2D eigenvalue weighted by atomic mass is 79.9. The number of nitrogens with two attached hydrogens (primary N) is 1. The van der Waals surface area contributed by atoms with Crippen LogP contribution in [0.4, 0.5) is 21.7 Å². The Morgan fingerprint density at radius 3 is 2.68 bits per heavy atom. The van der Waals surface area contributed by atoms with E-state index >= 15 is 0 Å². The van der Waals surface area contributed by atoms with Crippen molar-refractivity contribution in [1.82, 2.24) is 9.97 Å². The van der Waals surface area contributed by atoms with Crippen LogP contribution in [0.2, 0.25) is 0 Å². The van der Waals surface area contributed by atoms with Gasteiger partial charge in [-0.1, -0.05) is 6.92 Å². The molecule has 1 aromatic carbocycles. The zero-order valence-corrected chi connectivity index (χ0v) is 11.8. The number of aromatic nitrogens is 2. The van der Waals surface area contributed by atoms with Gasteiger partial charge in [0.2, 0.25) is 0 Å². The molecular weight excluding hydrogens is 313 g/mol. The summed E-state index contributed by atoms with van der Waals surface area (Å²) in [5.41, 5.74) is 3.97. The predicted octanol–water partition coefficient (Wildman–Crippen LogP) is 2.97. The molecule has 0 atom stereocenters. The van der Waals surface area contributed by atoms with Crippen LogP contribution >= 0.6 is 15.9 Å². The van der Waals surface area contributed by atoms with Gasteiger partial charge in [-0.3, -0.25) is 0 Å². The summed E-state index contributed by atoms with van der Waals surface area (Å²) in [7, 11) is 0. The summed E-state index contributed by atoms with van der Waals surface area (Å²) in [6.07, 6.45) is 2.09. The van der Waals surface area contributed by atoms with Gasteiger partial charge in [-0.15, -0.1) is 0 Å².